The lowest BCUT2D eigenvalue weighted by Crippen LogP contribution is -2.39. The molecule has 1 fully saturated rings. The Kier molecular flexibility index (Phi) is 4.93. The summed E-state index contributed by atoms with van der Waals surface area (Å²) in [4.78, 5) is 2.26. The molecule has 2 aromatic rings. The van der Waals surface area contributed by atoms with Gasteiger partial charge in [-0.25, -0.2) is 0 Å². The SMILES string of the molecule is C[C@H](c1ccco1)N1CCO[C@@H](c2cccc(OC(F)F)c2)C1. The van der Waals surface area contributed by atoms with E-state index in [0.717, 1.165) is 17.9 Å². The van der Waals surface area contributed by atoms with Gasteiger partial charge in [0.25, 0.3) is 0 Å². The molecule has 6 heteroatoms. The molecule has 0 unspecified atom stereocenters. The standard InChI is InChI=1S/C17H19F2NO3/c1-12(15-6-3-8-21-15)20-7-9-22-16(11-20)13-4-2-5-14(10-13)23-17(18)19/h2-6,8,10,12,16-17H,7,9,11H2,1H3/t12-,16-/m1/s1. The number of rotatable bonds is 5. The number of alkyl halides is 2. The number of benzene rings is 1. The Bertz CT molecular complexity index is 618. The van der Waals surface area contributed by atoms with Crippen molar-refractivity contribution in [1.82, 2.24) is 4.90 Å². The van der Waals surface area contributed by atoms with Crippen LogP contribution >= 0.6 is 0 Å². The van der Waals surface area contributed by atoms with Crippen molar-refractivity contribution in [2.75, 3.05) is 19.7 Å². The van der Waals surface area contributed by atoms with Crippen molar-refractivity contribution in [2.24, 2.45) is 0 Å². The van der Waals surface area contributed by atoms with E-state index >= 15 is 0 Å². The van der Waals surface area contributed by atoms with Crippen LogP contribution in [0.5, 0.6) is 5.75 Å². The highest BCUT2D eigenvalue weighted by Gasteiger charge is 2.27. The van der Waals surface area contributed by atoms with Crippen LogP contribution in [0.2, 0.25) is 0 Å². The van der Waals surface area contributed by atoms with Crippen molar-refractivity contribution in [3.63, 3.8) is 0 Å². The fourth-order valence-electron chi connectivity index (χ4n) is 2.82. The summed E-state index contributed by atoms with van der Waals surface area (Å²) < 4.78 is 40.4. The summed E-state index contributed by atoms with van der Waals surface area (Å²) in [6.07, 6.45) is 1.48. The summed E-state index contributed by atoms with van der Waals surface area (Å²) in [7, 11) is 0. The first-order valence-corrected chi connectivity index (χ1v) is 7.57. The molecule has 23 heavy (non-hydrogen) atoms. The van der Waals surface area contributed by atoms with Crippen LogP contribution in [-0.2, 0) is 4.74 Å². The maximum Gasteiger partial charge on any atom is 0.387 e. The average Bonchev–Trinajstić information content (AvgIpc) is 3.08. The molecular weight excluding hydrogens is 304 g/mol. The lowest BCUT2D eigenvalue weighted by Gasteiger charge is -2.36. The number of hydrogen-bond donors (Lipinski definition) is 0. The molecule has 1 aromatic carbocycles. The zero-order chi connectivity index (χ0) is 16.2. The fourth-order valence-corrected chi connectivity index (χ4v) is 2.82. The van der Waals surface area contributed by atoms with Gasteiger partial charge in [0, 0.05) is 13.1 Å². The zero-order valence-corrected chi connectivity index (χ0v) is 12.8. The van der Waals surface area contributed by atoms with Crippen LogP contribution in [-0.4, -0.2) is 31.2 Å². The highest BCUT2D eigenvalue weighted by atomic mass is 19.3. The molecule has 0 amide bonds. The smallest absolute Gasteiger partial charge is 0.387 e. The number of furan rings is 1. The second-order valence-corrected chi connectivity index (χ2v) is 5.50. The van der Waals surface area contributed by atoms with Crippen molar-refractivity contribution in [1.29, 1.82) is 0 Å². The number of nitrogens with zero attached hydrogens (tertiary/aromatic N) is 1. The van der Waals surface area contributed by atoms with Crippen molar-refractivity contribution in [3.8, 4) is 5.75 Å². The van der Waals surface area contributed by atoms with Gasteiger partial charge in [0.05, 0.1) is 25.0 Å². The van der Waals surface area contributed by atoms with Crippen LogP contribution in [0, 0.1) is 0 Å². The molecule has 0 aliphatic carbocycles. The third kappa shape index (κ3) is 3.89. The van der Waals surface area contributed by atoms with Crippen molar-refractivity contribution < 1.29 is 22.7 Å². The van der Waals surface area contributed by atoms with Crippen LogP contribution in [0.3, 0.4) is 0 Å². The predicted molar refractivity (Wildman–Crippen MR) is 80.5 cm³/mol. The molecule has 1 aliphatic rings. The van der Waals surface area contributed by atoms with E-state index < -0.39 is 6.61 Å². The van der Waals surface area contributed by atoms with Gasteiger partial charge in [-0.2, -0.15) is 8.78 Å². The largest absolute Gasteiger partial charge is 0.468 e. The van der Waals surface area contributed by atoms with Gasteiger partial charge in [0.2, 0.25) is 0 Å². The molecule has 1 saturated heterocycles. The van der Waals surface area contributed by atoms with Gasteiger partial charge in [0.15, 0.2) is 0 Å². The van der Waals surface area contributed by atoms with Crippen LogP contribution in [0.4, 0.5) is 8.78 Å². The molecule has 0 spiro atoms. The molecule has 0 radical (unpaired) electrons. The van der Waals surface area contributed by atoms with E-state index in [9.17, 15) is 8.78 Å². The van der Waals surface area contributed by atoms with Gasteiger partial charge in [-0.15, -0.1) is 0 Å². The summed E-state index contributed by atoms with van der Waals surface area (Å²) in [6.45, 7) is 1.30. The Hall–Kier alpha value is -1.92. The van der Waals surface area contributed by atoms with Gasteiger partial charge in [0.1, 0.15) is 11.5 Å². The van der Waals surface area contributed by atoms with E-state index in [1.807, 2.05) is 18.2 Å². The minimum Gasteiger partial charge on any atom is -0.468 e. The summed E-state index contributed by atoms with van der Waals surface area (Å²) in [5.41, 5.74) is 0.833. The van der Waals surface area contributed by atoms with E-state index in [4.69, 9.17) is 9.15 Å². The first-order chi connectivity index (χ1) is 11.1. The molecule has 3 rings (SSSR count). The van der Waals surface area contributed by atoms with Crippen LogP contribution < -0.4 is 4.74 Å². The fraction of sp³-hybridized carbons (Fsp3) is 0.412. The monoisotopic (exact) mass is 323 g/mol. The number of halogens is 2. The molecule has 0 N–H and O–H groups in total. The normalized spacial score (nSPS) is 20.6. The quantitative estimate of drug-likeness (QED) is 0.832. The minimum absolute atomic E-state index is 0.136. The van der Waals surface area contributed by atoms with E-state index in [2.05, 4.69) is 16.6 Å². The zero-order valence-electron chi connectivity index (χ0n) is 12.8. The number of hydrogen-bond acceptors (Lipinski definition) is 4. The van der Waals surface area contributed by atoms with Crippen molar-refractivity contribution in [2.45, 2.75) is 25.7 Å². The van der Waals surface area contributed by atoms with Crippen LogP contribution in [0.15, 0.2) is 47.1 Å². The summed E-state index contributed by atoms with van der Waals surface area (Å²) >= 11 is 0. The Balaban J connectivity index is 1.71. The van der Waals surface area contributed by atoms with Gasteiger partial charge in [-0.1, -0.05) is 12.1 Å². The molecule has 2 heterocycles. The maximum atomic E-state index is 12.3. The van der Waals surface area contributed by atoms with E-state index in [1.54, 1.807) is 18.4 Å². The van der Waals surface area contributed by atoms with Crippen LogP contribution in [0.25, 0.3) is 0 Å². The lowest BCUT2D eigenvalue weighted by atomic mass is 10.1. The molecule has 2 atom stereocenters. The third-order valence-corrected chi connectivity index (χ3v) is 4.06. The first kappa shape index (κ1) is 16.0. The molecule has 124 valence electrons. The molecular formula is C17H19F2NO3. The Morgan fingerprint density at radius 3 is 2.87 bits per heavy atom. The highest BCUT2D eigenvalue weighted by Crippen LogP contribution is 2.30. The average molecular weight is 323 g/mol. The Labute approximate surface area is 133 Å². The third-order valence-electron chi connectivity index (χ3n) is 4.06. The first-order valence-electron chi connectivity index (χ1n) is 7.57. The second kappa shape index (κ2) is 7.10. The molecule has 0 saturated carbocycles. The van der Waals surface area contributed by atoms with Crippen LogP contribution in [0.1, 0.15) is 30.4 Å². The highest BCUT2D eigenvalue weighted by molar-refractivity contribution is 5.30. The second-order valence-electron chi connectivity index (χ2n) is 5.50. The maximum absolute atomic E-state index is 12.3. The molecule has 1 aliphatic heterocycles. The van der Waals surface area contributed by atoms with E-state index in [1.165, 1.54) is 6.07 Å². The predicted octanol–water partition coefficient (Wildman–Crippen LogP) is 4.02. The van der Waals surface area contributed by atoms with Gasteiger partial charge in [-0.05, 0) is 36.8 Å². The van der Waals surface area contributed by atoms with E-state index in [-0.39, 0.29) is 17.9 Å². The number of morpholine rings is 1. The molecule has 4 nitrogen and oxygen atoms in total. The summed E-state index contributed by atoms with van der Waals surface area (Å²) in [6, 6.07) is 10.6. The number of ether oxygens (including phenoxy) is 2. The van der Waals surface area contributed by atoms with E-state index in [0.29, 0.717) is 13.2 Å². The Morgan fingerprint density at radius 1 is 1.26 bits per heavy atom. The molecule has 1 aromatic heterocycles. The van der Waals surface area contributed by atoms with Gasteiger partial charge in [-0.3, -0.25) is 4.90 Å². The topological polar surface area (TPSA) is 34.8 Å². The van der Waals surface area contributed by atoms with Crippen molar-refractivity contribution in [3.05, 3.63) is 54.0 Å². The van der Waals surface area contributed by atoms with Gasteiger partial charge >= 0.3 is 6.61 Å². The van der Waals surface area contributed by atoms with Gasteiger partial charge < -0.3 is 13.9 Å². The summed E-state index contributed by atoms with van der Waals surface area (Å²) in [5, 5.41) is 0. The summed E-state index contributed by atoms with van der Waals surface area (Å²) in [5.74, 6) is 1.05. The minimum atomic E-state index is -2.83. The van der Waals surface area contributed by atoms with Crippen molar-refractivity contribution >= 4 is 0 Å². The molecule has 0 bridgehead atoms. The Morgan fingerprint density at radius 2 is 2.13 bits per heavy atom. The lowest BCUT2D eigenvalue weighted by molar-refractivity contribution is -0.0524.